The van der Waals surface area contributed by atoms with Crippen LogP contribution in [0.4, 0.5) is 4.39 Å². The van der Waals surface area contributed by atoms with E-state index >= 15 is 0 Å². The quantitative estimate of drug-likeness (QED) is 0.620. The molecular weight excluding hydrogens is 439 g/mol. The fraction of sp³-hybridized carbons (Fsp3) is 0.269. The maximum atomic E-state index is 13.4. The second-order valence-corrected chi connectivity index (χ2v) is 11.2. The normalized spacial score (nSPS) is 25.6. The van der Waals surface area contributed by atoms with Crippen LogP contribution in [-0.2, 0) is 16.3 Å². The van der Waals surface area contributed by atoms with Gasteiger partial charge in [-0.05, 0) is 78.1 Å². The van der Waals surface area contributed by atoms with Gasteiger partial charge in [-0.1, -0.05) is 30.7 Å². The minimum absolute atomic E-state index is 0.112. The van der Waals surface area contributed by atoms with Gasteiger partial charge in [-0.3, -0.25) is 0 Å². The van der Waals surface area contributed by atoms with E-state index in [2.05, 4.69) is 18.1 Å². The van der Waals surface area contributed by atoms with Crippen LogP contribution in [0.25, 0.3) is 17.3 Å². The molecule has 0 bridgehead atoms. The zero-order valence-electron chi connectivity index (χ0n) is 18.1. The summed E-state index contributed by atoms with van der Waals surface area (Å²) in [6.45, 7) is 2.16. The van der Waals surface area contributed by atoms with E-state index in [1.807, 2.05) is 10.9 Å². The van der Waals surface area contributed by atoms with Crippen molar-refractivity contribution in [2.24, 2.45) is 11.3 Å². The molecule has 33 heavy (non-hydrogen) atoms. The van der Waals surface area contributed by atoms with Crippen molar-refractivity contribution in [1.82, 2.24) is 9.78 Å². The zero-order valence-corrected chi connectivity index (χ0v) is 18.9. The van der Waals surface area contributed by atoms with Gasteiger partial charge in [0.25, 0.3) is 0 Å². The first-order valence-corrected chi connectivity index (χ1v) is 12.6. The molecule has 3 aliphatic rings. The van der Waals surface area contributed by atoms with E-state index < -0.39 is 15.9 Å². The molecule has 3 aromatic rings. The predicted octanol–water partition coefficient (Wildman–Crippen LogP) is 4.56. The van der Waals surface area contributed by atoms with Gasteiger partial charge in [0.15, 0.2) is 0 Å². The Morgan fingerprint density at radius 3 is 2.73 bits per heavy atom. The van der Waals surface area contributed by atoms with Crippen molar-refractivity contribution < 1.29 is 17.9 Å². The molecule has 7 heteroatoms. The van der Waals surface area contributed by atoms with Crippen molar-refractivity contribution in [3.05, 3.63) is 88.3 Å². The molecule has 1 saturated carbocycles. The topological polar surface area (TPSA) is 72.2 Å². The summed E-state index contributed by atoms with van der Waals surface area (Å²) in [4.78, 5) is 0.268. The summed E-state index contributed by atoms with van der Waals surface area (Å²) in [5.41, 5.74) is 4.88. The van der Waals surface area contributed by atoms with E-state index in [1.165, 1.54) is 23.1 Å². The maximum absolute atomic E-state index is 13.4. The molecule has 0 radical (unpaired) electrons. The number of sulfone groups is 1. The molecule has 2 aliphatic carbocycles. The molecule has 0 saturated heterocycles. The lowest BCUT2D eigenvalue weighted by Crippen LogP contribution is -2.36. The van der Waals surface area contributed by atoms with Crippen molar-refractivity contribution in [1.29, 1.82) is 0 Å². The average molecular weight is 463 g/mol. The van der Waals surface area contributed by atoms with Gasteiger partial charge < -0.3 is 5.11 Å². The molecule has 3 atom stereocenters. The van der Waals surface area contributed by atoms with Crippen molar-refractivity contribution >= 4 is 21.5 Å². The minimum Gasteiger partial charge on any atom is -0.388 e. The SMILES string of the molecule is C[C@]12Cc3cnn(-c4ccc(F)cc4)c3C=C1CC[C@@H]2[C@H](O)C1=CS(=O)(=O)c2ccccc21. The van der Waals surface area contributed by atoms with Gasteiger partial charge >= 0.3 is 0 Å². The maximum Gasteiger partial charge on any atom is 0.200 e. The lowest BCUT2D eigenvalue weighted by molar-refractivity contribution is 0.0994. The van der Waals surface area contributed by atoms with Crippen LogP contribution in [0.2, 0.25) is 0 Å². The molecule has 1 aliphatic heterocycles. The van der Waals surface area contributed by atoms with Gasteiger partial charge in [-0.15, -0.1) is 0 Å². The summed E-state index contributed by atoms with van der Waals surface area (Å²) < 4.78 is 40.5. The van der Waals surface area contributed by atoms with E-state index in [-0.39, 0.29) is 22.0 Å². The molecule has 2 heterocycles. The molecule has 168 valence electrons. The van der Waals surface area contributed by atoms with Gasteiger partial charge in [-0.2, -0.15) is 5.10 Å². The van der Waals surface area contributed by atoms with Crippen molar-refractivity contribution in [2.45, 2.75) is 37.2 Å². The highest BCUT2D eigenvalue weighted by atomic mass is 32.2. The summed E-state index contributed by atoms with van der Waals surface area (Å²) in [6, 6.07) is 13.1. The Hall–Kier alpha value is -3.03. The molecule has 0 unspecified atom stereocenters. The third-order valence-electron chi connectivity index (χ3n) is 7.59. The van der Waals surface area contributed by atoms with Crippen LogP contribution in [-0.4, -0.2) is 29.4 Å². The van der Waals surface area contributed by atoms with E-state index in [0.29, 0.717) is 17.6 Å². The monoisotopic (exact) mass is 462 g/mol. The highest BCUT2D eigenvalue weighted by Crippen LogP contribution is 2.56. The first kappa shape index (κ1) is 20.6. The molecule has 1 aromatic heterocycles. The number of benzene rings is 2. The number of allylic oxidation sites excluding steroid dienone is 1. The van der Waals surface area contributed by atoms with Crippen LogP contribution in [0.15, 0.2) is 70.6 Å². The standard InChI is InChI=1S/C26H23FN2O3S/c1-26-13-16-14-28-29(19-9-7-18(27)8-10-19)23(16)12-17(26)6-11-22(26)25(30)21-15-33(31,32)24-5-3-2-4-20(21)24/h2-5,7-10,12,14-15,22,25,30H,6,11,13H2,1H3/t22-,25-,26+/m1/s1. The second kappa shape index (κ2) is 6.98. The molecule has 5 nitrogen and oxygen atoms in total. The largest absolute Gasteiger partial charge is 0.388 e. The Morgan fingerprint density at radius 1 is 1.18 bits per heavy atom. The molecule has 6 rings (SSSR count). The van der Waals surface area contributed by atoms with Crippen molar-refractivity contribution in [3.8, 4) is 5.69 Å². The summed E-state index contributed by atoms with van der Waals surface area (Å²) in [5, 5.41) is 17.3. The Kier molecular flexibility index (Phi) is 4.35. The van der Waals surface area contributed by atoms with Gasteiger partial charge in [0.2, 0.25) is 9.84 Å². The molecular formula is C26H23FN2O3S. The molecule has 2 aromatic carbocycles. The van der Waals surface area contributed by atoms with Crippen LogP contribution in [0.3, 0.4) is 0 Å². The lowest BCUT2D eigenvalue weighted by atomic mass is 9.67. The number of aliphatic hydroxyl groups is 1. The van der Waals surface area contributed by atoms with Crippen LogP contribution in [0.5, 0.6) is 0 Å². The number of nitrogens with zero attached hydrogens (tertiary/aromatic N) is 2. The Labute approximate surface area is 191 Å². The van der Waals surface area contributed by atoms with E-state index in [1.54, 1.807) is 36.4 Å². The Bertz CT molecular complexity index is 1450. The van der Waals surface area contributed by atoms with Crippen LogP contribution < -0.4 is 0 Å². The lowest BCUT2D eigenvalue weighted by Gasteiger charge is -2.38. The summed E-state index contributed by atoms with van der Waals surface area (Å²) in [5.74, 6) is -0.401. The predicted molar refractivity (Wildman–Crippen MR) is 124 cm³/mol. The van der Waals surface area contributed by atoms with E-state index in [0.717, 1.165) is 29.8 Å². The van der Waals surface area contributed by atoms with Gasteiger partial charge in [0.1, 0.15) is 5.82 Å². The number of halogens is 1. The smallest absolute Gasteiger partial charge is 0.200 e. The van der Waals surface area contributed by atoms with E-state index in [4.69, 9.17) is 0 Å². The number of aromatic nitrogens is 2. The van der Waals surface area contributed by atoms with Gasteiger partial charge in [-0.25, -0.2) is 17.5 Å². The Morgan fingerprint density at radius 2 is 1.94 bits per heavy atom. The average Bonchev–Trinajstić information content (AvgIpc) is 3.43. The summed E-state index contributed by atoms with van der Waals surface area (Å²) >= 11 is 0. The first-order chi connectivity index (χ1) is 15.8. The molecule has 0 spiro atoms. The fourth-order valence-electron chi connectivity index (χ4n) is 5.86. The fourth-order valence-corrected chi connectivity index (χ4v) is 7.35. The molecule has 1 fully saturated rings. The zero-order chi connectivity index (χ0) is 23.0. The van der Waals surface area contributed by atoms with Crippen molar-refractivity contribution in [2.75, 3.05) is 0 Å². The highest BCUT2D eigenvalue weighted by Gasteiger charge is 2.50. The van der Waals surface area contributed by atoms with Crippen molar-refractivity contribution in [3.63, 3.8) is 0 Å². The van der Waals surface area contributed by atoms with Gasteiger partial charge in [0, 0.05) is 11.0 Å². The van der Waals surface area contributed by atoms with Crippen LogP contribution in [0, 0.1) is 17.2 Å². The number of hydrogen-bond donors (Lipinski definition) is 1. The molecule has 0 amide bonds. The van der Waals surface area contributed by atoms with Crippen LogP contribution in [0.1, 0.15) is 36.6 Å². The highest BCUT2D eigenvalue weighted by molar-refractivity contribution is 7.95. The minimum atomic E-state index is -3.53. The number of hydrogen-bond acceptors (Lipinski definition) is 4. The summed E-state index contributed by atoms with van der Waals surface area (Å²) in [6.07, 6.45) is 5.42. The molecule has 1 N–H and O–H groups in total. The third-order valence-corrected chi connectivity index (χ3v) is 9.12. The number of rotatable bonds is 3. The Balaban J connectivity index is 1.37. The van der Waals surface area contributed by atoms with E-state index in [9.17, 15) is 17.9 Å². The first-order valence-electron chi connectivity index (χ1n) is 11.1. The second-order valence-electron chi connectivity index (χ2n) is 9.41. The van der Waals surface area contributed by atoms with Gasteiger partial charge in [0.05, 0.1) is 28.6 Å². The van der Waals surface area contributed by atoms with Crippen LogP contribution >= 0.6 is 0 Å². The number of aliphatic hydroxyl groups excluding tert-OH is 1. The number of fused-ring (bicyclic) bond motifs is 3. The summed E-state index contributed by atoms with van der Waals surface area (Å²) in [7, 11) is -3.53. The third kappa shape index (κ3) is 2.99.